The van der Waals surface area contributed by atoms with Crippen molar-refractivity contribution in [2.45, 2.75) is 26.7 Å². The summed E-state index contributed by atoms with van der Waals surface area (Å²) in [6.45, 7) is 6.32. The summed E-state index contributed by atoms with van der Waals surface area (Å²) in [5.74, 6) is 0.596. The molecule has 1 heterocycles. The molecule has 0 atom stereocenters. The molecule has 0 spiro atoms. The van der Waals surface area contributed by atoms with Crippen LogP contribution in [0.25, 0.3) is 0 Å². The monoisotopic (exact) mass is 291 g/mol. The molecule has 0 saturated heterocycles. The van der Waals surface area contributed by atoms with E-state index in [0.717, 1.165) is 31.6 Å². The number of carbonyl (C=O) groups is 1. The SMILES string of the molecule is CCCNC(=O)CN=C(NCC)NCCc1ccccn1. The van der Waals surface area contributed by atoms with Gasteiger partial charge in [0.25, 0.3) is 0 Å². The van der Waals surface area contributed by atoms with E-state index in [0.29, 0.717) is 12.5 Å². The highest BCUT2D eigenvalue weighted by Crippen LogP contribution is 1.92. The molecule has 1 amide bonds. The lowest BCUT2D eigenvalue weighted by Gasteiger charge is -2.11. The molecule has 0 unspecified atom stereocenters. The van der Waals surface area contributed by atoms with Crippen LogP contribution in [0, 0.1) is 0 Å². The van der Waals surface area contributed by atoms with Crippen molar-refractivity contribution in [3.05, 3.63) is 30.1 Å². The van der Waals surface area contributed by atoms with Gasteiger partial charge >= 0.3 is 0 Å². The number of pyridine rings is 1. The van der Waals surface area contributed by atoms with Gasteiger partial charge in [-0.1, -0.05) is 13.0 Å². The molecule has 0 aliphatic rings. The smallest absolute Gasteiger partial charge is 0.241 e. The average molecular weight is 291 g/mol. The summed E-state index contributed by atoms with van der Waals surface area (Å²) in [6, 6.07) is 5.86. The van der Waals surface area contributed by atoms with Crippen molar-refractivity contribution in [3.8, 4) is 0 Å². The van der Waals surface area contributed by atoms with Gasteiger partial charge in [0, 0.05) is 37.9 Å². The highest BCUT2D eigenvalue weighted by Gasteiger charge is 2.01. The maximum atomic E-state index is 11.5. The number of aromatic nitrogens is 1. The molecule has 1 aromatic rings. The zero-order valence-corrected chi connectivity index (χ0v) is 12.9. The normalized spacial score (nSPS) is 11.0. The predicted molar refractivity (Wildman–Crippen MR) is 85.2 cm³/mol. The van der Waals surface area contributed by atoms with Crippen molar-refractivity contribution in [3.63, 3.8) is 0 Å². The molecule has 0 fully saturated rings. The van der Waals surface area contributed by atoms with E-state index in [1.54, 1.807) is 6.20 Å². The average Bonchev–Trinajstić information content (AvgIpc) is 2.51. The molecule has 1 rings (SSSR count). The van der Waals surface area contributed by atoms with E-state index >= 15 is 0 Å². The molecule has 6 nitrogen and oxygen atoms in total. The Morgan fingerprint density at radius 1 is 1.19 bits per heavy atom. The van der Waals surface area contributed by atoms with Gasteiger partial charge in [-0.3, -0.25) is 9.78 Å². The molecule has 0 aliphatic carbocycles. The molecule has 116 valence electrons. The minimum atomic E-state index is -0.0567. The van der Waals surface area contributed by atoms with Crippen LogP contribution in [0.4, 0.5) is 0 Å². The number of carbonyl (C=O) groups excluding carboxylic acids is 1. The van der Waals surface area contributed by atoms with Crippen molar-refractivity contribution in [1.29, 1.82) is 0 Å². The van der Waals surface area contributed by atoms with E-state index in [1.807, 2.05) is 32.0 Å². The Kier molecular flexibility index (Phi) is 8.59. The van der Waals surface area contributed by atoms with Crippen molar-refractivity contribution in [1.82, 2.24) is 20.9 Å². The van der Waals surface area contributed by atoms with E-state index in [4.69, 9.17) is 0 Å². The fourth-order valence-electron chi connectivity index (χ4n) is 1.67. The minimum Gasteiger partial charge on any atom is -0.357 e. The lowest BCUT2D eigenvalue weighted by molar-refractivity contribution is -0.119. The van der Waals surface area contributed by atoms with Crippen LogP contribution in [0.5, 0.6) is 0 Å². The Labute approximate surface area is 126 Å². The molecule has 0 radical (unpaired) electrons. The second-order valence-corrected chi connectivity index (χ2v) is 4.54. The van der Waals surface area contributed by atoms with Gasteiger partial charge in [0.1, 0.15) is 6.54 Å². The summed E-state index contributed by atoms with van der Waals surface area (Å²) >= 11 is 0. The number of rotatable bonds is 8. The van der Waals surface area contributed by atoms with Crippen LogP contribution in [-0.4, -0.2) is 43.0 Å². The molecule has 3 N–H and O–H groups in total. The summed E-state index contributed by atoms with van der Waals surface area (Å²) in [6.07, 6.45) is 3.53. The lowest BCUT2D eigenvalue weighted by Crippen LogP contribution is -2.39. The van der Waals surface area contributed by atoms with Gasteiger partial charge in [0.05, 0.1) is 0 Å². The summed E-state index contributed by atoms with van der Waals surface area (Å²) in [5.41, 5.74) is 1.03. The van der Waals surface area contributed by atoms with Gasteiger partial charge < -0.3 is 16.0 Å². The molecule has 0 bridgehead atoms. The van der Waals surface area contributed by atoms with Gasteiger partial charge in [-0.05, 0) is 25.5 Å². The molecule has 1 aromatic heterocycles. The minimum absolute atomic E-state index is 0.0567. The van der Waals surface area contributed by atoms with E-state index in [9.17, 15) is 4.79 Å². The highest BCUT2D eigenvalue weighted by molar-refractivity contribution is 5.84. The maximum absolute atomic E-state index is 11.5. The second kappa shape index (κ2) is 10.7. The third-order valence-electron chi connectivity index (χ3n) is 2.70. The van der Waals surface area contributed by atoms with Crippen molar-refractivity contribution in [2.75, 3.05) is 26.2 Å². The fourth-order valence-corrected chi connectivity index (χ4v) is 1.67. The zero-order valence-electron chi connectivity index (χ0n) is 12.9. The Balaban J connectivity index is 2.36. The van der Waals surface area contributed by atoms with Crippen molar-refractivity contribution >= 4 is 11.9 Å². The lowest BCUT2D eigenvalue weighted by atomic mass is 10.3. The van der Waals surface area contributed by atoms with Crippen LogP contribution in [0.3, 0.4) is 0 Å². The number of amides is 1. The first kappa shape index (κ1) is 16.9. The van der Waals surface area contributed by atoms with Crippen LogP contribution in [-0.2, 0) is 11.2 Å². The first-order valence-electron chi connectivity index (χ1n) is 7.45. The van der Waals surface area contributed by atoms with Gasteiger partial charge in [0.15, 0.2) is 5.96 Å². The van der Waals surface area contributed by atoms with Crippen LogP contribution in [0.1, 0.15) is 26.0 Å². The molecule has 0 aromatic carbocycles. The van der Waals surface area contributed by atoms with Gasteiger partial charge in [0.2, 0.25) is 5.91 Å². The Bertz CT molecular complexity index is 433. The standard InChI is InChI=1S/C15H25N5O/c1-3-9-18-14(21)12-20-15(16-4-2)19-11-8-13-7-5-6-10-17-13/h5-7,10H,3-4,8-9,11-12H2,1-2H3,(H,18,21)(H2,16,19,20). The second-order valence-electron chi connectivity index (χ2n) is 4.54. The Morgan fingerprint density at radius 3 is 2.71 bits per heavy atom. The Hall–Kier alpha value is -2.11. The van der Waals surface area contributed by atoms with Crippen LogP contribution < -0.4 is 16.0 Å². The Morgan fingerprint density at radius 2 is 2.05 bits per heavy atom. The van der Waals surface area contributed by atoms with Gasteiger partial charge in [-0.15, -0.1) is 0 Å². The summed E-state index contributed by atoms with van der Waals surface area (Å²) in [7, 11) is 0. The van der Waals surface area contributed by atoms with Crippen LogP contribution in [0.15, 0.2) is 29.4 Å². The first-order chi connectivity index (χ1) is 10.3. The van der Waals surface area contributed by atoms with Crippen LogP contribution >= 0.6 is 0 Å². The predicted octanol–water partition coefficient (Wildman–Crippen LogP) is 0.705. The topological polar surface area (TPSA) is 78.4 Å². The number of nitrogens with zero attached hydrogens (tertiary/aromatic N) is 2. The number of aliphatic imine (C=N–C) groups is 1. The number of hydrogen-bond acceptors (Lipinski definition) is 3. The fraction of sp³-hybridized carbons (Fsp3) is 0.533. The third-order valence-corrected chi connectivity index (χ3v) is 2.70. The molecular weight excluding hydrogens is 266 g/mol. The zero-order chi connectivity index (χ0) is 15.3. The molecule has 6 heteroatoms. The van der Waals surface area contributed by atoms with E-state index in [-0.39, 0.29) is 12.5 Å². The summed E-state index contributed by atoms with van der Waals surface area (Å²) in [4.78, 5) is 20.0. The highest BCUT2D eigenvalue weighted by atomic mass is 16.1. The van der Waals surface area contributed by atoms with Gasteiger partial charge in [-0.2, -0.15) is 0 Å². The number of guanidine groups is 1. The van der Waals surface area contributed by atoms with E-state index in [2.05, 4.69) is 25.9 Å². The molecule has 0 aliphatic heterocycles. The van der Waals surface area contributed by atoms with Crippen molar-refractivity contribution < 1.29 is 4.79 Å². The van der Waals surface area contributed by atoms with E-state index < -0.39 is 0 Å². The largest absolute Gasteiger partial charge is 0.357 e. The third kappa shape index (κ3) is 7.91. The first-order valence-corrected chi connectivity index (χ1v) is 7.45. The maximum Gasteiger partial charge on any atom is 0.241 e. The number of hydrogen-bond donors (Lipinski definition) is 3. The molecule has 21 heavy (non-hydrogen) atoms. The summed E-state index contributed by atoms with van der Waals surface area (Å²) < 4.78 is 0. The summed E-state index contributed by atoms with van der Waals surface area (Å²) in [5, 5.41) is 9.12. The quantitative estimate of drug-likeness (QED) is 0.487. The van der Waals surface area contributed by atoms with Gasteiger partial charge in [-0.25, -0.2) is 4.99 Å². The van der Waals surface area contributed by atoms with Crippen LogP contribution in [0.2, 0.25) is 0 Å². The van der Waals surface area contributed by atoms with E-state index in [1.165, 1.54) is 0 Å². The number of nitrogens with one attached hydrogen (secondary N) is 3. The molecule has 0 saturated carbocycles. The molecular formula is C15H25N5O. The van der Waals surface area contributed by atoms with Crippen molar-refractivity contribution in [2.24, 2.45) is 4.99 Å².